The van der Waals surface area contributed by atoms with Gasteiger partial charge in [-0.2, -0.15) is 0 Å². The molecule has 0 N–H and O–H groups in total. The molecule has 1 fully saturated rings. The first-order chi connectivity index (χ1) is 12.5. The number of amides is 2. The van der Waals surface area contributed by atoms with Crippen LogP contribution >= 0.6 is 0 Å². The molecule has 9 heteroatoms. The van der Waals surface area contributed by atoms with Gasteiger partial charge in [-0.05, 0) is 19.3 Å². The van der Waals surface area contributed by atoms with Gasteiger partial charge >= 0.3 is 0 Å². The summed E-state index contributed by atoms with van der Waals surface area (Å²) >= 11 is 0. The second kappa shape index (κ2) is 7.84. The molecule has 0 radical (unpaired) electrons. The first-order valence-corrected chi connectivity index (χ1v) is 9.03. The van der Waals surface area contributed by atoms with Gasteiger partial charge < -0.3 is 14.6 Å². The fraction of sp³-hybridized carbons (Fsp3) is 0.706. The molecular formula is C17H25N5O4. The Hall–Kier alpha value is -2.45. The fourth-order valence-corrected chi connectivity index (χ4v) is 3.13. The van der Waals surface area contributed by atoms with Crippen LogP contribution in [0.3, 0.4) is 0 Å². The molecule has 0 spiro atoms. The number of carbonyl (C=O) groups is 2. The zero-order valence-corrected chi connectivity index (χ0v) is 15.5. The first-order valence-electron chi connectivity index (χ1n) is 9.03. The van der Waals surface area contributed by atoms with E-state index in [2.05, 4.69) is 20.1 Å². The van der Waals surface area contributed by atoms with Crippen molar-refractivity contribution in [2.24, 2.45) is 11.1 Å². The monoisotopic (exact) mass is 363 g/mol. The van der Waals surface area contributed by atoms with E-state index in [1.54, 1.807) is 16.7 Å². The largest absolute Gasteiger partial charge is 0.382 e. The summed E-state index contributed by atoms with van der Waals surface area (Å²) in [6.45, 7) is 8.07. The first kappa shape index (κ1) is 18.3. The summed E-state index contributed by atoms with van der Waals surface area (Å²) in [5.41, 5.74) is 2.11. The van der Waals surface area contributed by atoms with Gasteiger partial charge in [-0.15, -0.1) is 0 Å². The van der Waals surface area contributed by atoms with Crippen molar-refractivity contribution in [1.82, 2.24) is 20.1 Å². The van der Waals surface area contributed by atoms with Crippen molar-refractivity contribution in [3.05, 3.63) is 11.4 Å². The van der Waals surface area contributed by atoms with Gasteiger partial charge in [0.05, 0.1) is 12.1 Å². The molecule has 26 heavy (non-hydrogen) atoms. The molecule has 1 aromatic rings. The van der Waals surface area contributed by atoms with E-state index in [4.69, 9.17) is 4.84 Å². The minimum absolute atomic E-state index is 0.0272. The van der Waals surface area contributed by atoms with Gasteiger partial charge in [0.25, 0.3) is 5.91 Å². The number of aromatic nitrogens is 2. The maximum atomic E-state index is 12.7. The van der Waals surface area contributed by atoms with Gasteiger partial charge in [-0.1, -0.05) is 29.3 Å². The van der Waals surface area contributed by atoms with Gasteiger partial charge in [0.15, 0.2) is 0 Å². The van der Waals surface area contributed by atoms with Crippen molar-refractivity contribution in [2.45, 2.75) is 46.1 Å². The number of oxime groups is 1. The summed E-state index contributed by atoms with van der Waals surface area (Å²) in [5, 5.41) is 11.5. The zero-order chi connectivity index (χ0) is 18.7. The van der Waals surface area contributed by atoms with E-state index < -0.39 is 6.10 Å². The number of carbonyl (C=O) groups excluding carboxylic acids is 2. The highest BCUT2D eigenvalue weighted by molar-refractivity contribution is 5.93. The van der Waals surface area contributed by atoms with E-state index in [0.29, 0.717) is 44.0 Å². The van der Waals surface area contributed by atoms with Gasteiger partial charge in [0.1, 0.15) is 11.4 Å². The normalized spacial score (nSPS) is 20.8. The third-order valence-corrected chi connectivity index (χ3v) is 4.86. The van der Waals surface area contributed by atoms with Crippen molar-refractivity contribution in [3.63, 3.8) is 0 Å². The van der Waals surface area contributed by atoms with E-state index >= 15 is 0 Å². The lowest BCUT2D eigenvalue weighted by Gasteiger charge is -2.23. The Morgan fingerprint density at radius 2 is 1.88 bits per heavy atom. The van der Waals surface area contributed by atoms with Crippen molar-refractivity contribution < 1.29 is 19.1 Å². The van der Waals surface area contributed by atoms with Crippen LogP contribution in [0.1, 0.15) is 38.1 Å². The van der Waals surface area contributed by atoms with E-state index in [1.165, 1.54) is 0 Å². The van der Waals surface area contributed by atoms with Crippen LogP contribution in [0.2, 0.25) is 0 Å². The average molecular weight is 363 g/mol. The molecule has 0 saturated carbocycles. The van der Waals surface area contributed by atoms with Crippen molar-refractivity contribution in [3.8, 4) is 0 Å². The van der Waals surface area contributed by atoms with Crippen LogP contribution in [0.4, 0.5) is 0 Å². The van der Waals surface area contributed by atoms with Crippen LogP contribution in [0.5, 0.6) is 0 Å². The molecule has 1 aromatic heterocycles. The Balaban J connectivity index is 1.52. The Kier molecular flexibility index (Phi) is 5.53. The van der Waals surface area contributed by atoms with Crippen LogP contribution < -0.4 is 0 Å². The average Bonchev–Trinajstić information content (AvgIpc) is 3.18. The van der Waals surface area contributed by atoms with Crippen LogP contribution in [0.25, 0.3) is 0 Å². The van der Waals surface area contributed by atoms with Crippen molar-refractivity contribution in [2.75, 3.05) is 26.2 Å². The minimum Gasteiger partial charge on any atom is -0.382 e. The van der Waals surface area contributed by atoms with Gasteiger partial charge in [0.2, 0.25) is 12.0 Å². The Morgan fingerprint density at radius 3 is 2.54 bits per heavy atom. The summed E-state index contributed by atoms with van der Waals surface area (Å²) in [5.74, 6) is 0.204. The molecule has 9 nitrogen and oxygen atoms in total. The lowest BCUT2D eigenvalue weighted by atomic mass is 10.0. The van der Waals surface area contributed by atoms with E-state index in [0.717, 1.165) is 12.1 Å². The lowest BCUT2D eigenvalue weighted by Crippen LogP contribution is -2.42. The molecular weight excluding hydrogens is 338 g/mol. The van der Waals surface area contributed by atoms with Crippen LogP contribution in [-0.2, 0) is 20.8 Å². The number of nitrogens with zero attached hydrogens (tertiary/aromatic N) is 5. The minimum atomic E-state index is -0.529. The Bertz CT molecular complexity index is 699. The highest BCUT2D eigenvalue weighted by Gasteiger charge is 2.33. The fourth-order valence-electron chi connectivity index (χ4n) is 3.13. The predicted octanol–water partition coefficient (Wildman–Crippen LogP) is 0.782. The second-order valence-electron chi connectivity index (χ2n) is 7.07. The third kappa shape index (κ3) is 4.03. The number of hydrogen-bond acceptors (Lipinski definition) is 7. The number of aryl methyl sites for hydroxylation is 1. The Morgan fingerprint density at radius 1 is 1.15 bits per heavy atom. The molecule has 1 atom stereocenters. The molecule has 2 aliphatic heterocycles. The quantitative estimate of drug-likeness (QED) is 0.784. The SMILES string of the molecule is Cc1nonc1CC(=O)N1CCCN(C(=O)C2CC(C(C)C)=NO2)CC1. The molecule has 3 rings (SSSR count). The molecule has 142 valence electrons. The summed E-state index contributed by atoms with van der Waals surface area (Å²) in [6, 6.07) is 0. The molecule has 2 aliphatic rings. The van der Waals surface area contributed by atoms with Crippen LogP contribution in [0, 0.1) is 12.8 Å². The second-order valence-corrected chi connectivity index (χ2v) is 7.07. The maximum Gasteiger partial charge on any atom is 0.266 e. The molecule has 0 aliphatic carbocycles. The lowest BCUT2D eigenvalue weighted by molar-refractivity contribution is -0.142. The smallest absolute Gasteiger partial charge is 0.266 e. The highest BCUT2D eigenvalue weighted by atomic mass is 16.6. The maximum absolute atomic E-state index is 12.7. The summed E-state index contributed by atoms with van der Waals surface area (Å²) in [4.78, 5) is 34.1. The molecule has 0 aromatic carbocycles. The summed E-state index contributed by atoms with van der Waals surface area (Å²) in [6.07, 6.45) is 0.922. The Labute approximate surface area is 152 Å². The van der Waals surface area contributed by atoms with E-state index in [-0.39, 0.29) is 24.2 Å². The van der Waals surface area contributed by atoms with Crippen molar-refractivity contribution in [1.29, 1.82) is 0 Å². The summed E-state index contributed by atoms with van der Waals surface area (Å²) < 4.78 is 4.64. The molecule has 1 saturated heterocycles. The summed E-state index contributed by atoms with van der Waals surface area (Å²) in [7, 11) is 0. The molecule has 2 amide bonds. The predicted molar refractivity (Wildman–Crippen MR) is 92.3 cm³/mol. The third-order valence-electron chi connectivity index (χ3n) is 4.86. The molecule has 0 bridgehead atoms. The van der Waals surface area contributed by atoms with E-state index in [1.807, 2.05) is 13.8 Å². The standard InChI is InChI=1S/C17H25N5O4/c1-11(2)13-9-15(25-19-13)17(24)22-6-4-5-21(7-8-22)16(23)10-14-12(3)18-26-20-14/h11,15H,4-10H2,1-3H3. The van der Waals surface area contributed by atoms with E-state index in [9.17, 15) is 9.59 Å². The highest BCUT2D eigenvalue weighted by Crippen LogP contribution is 2.19. The molecule has 3 heterocycles. The topological polar surface area (TPSA) is 101 Å². The van der Waals surface area contributed by atoms with Crippen LogP contribution in [0.15, 0.2) is 9.78 Å². The van der Waals surface area contributed by atoms with Gasteiger partial charge in [-0.25, -0.2) is 4.63 Å². The zero-order valence-electron chi connectivity index (χ0n) is 15.5. The van der Waals surface area contributed by atoms with Crippen LogP contribution in [-0.4, -0.2) is 69.9 Å². The van der Waals surface area contributed by atoms with Crippen molar-refractivity contribution >= 4 is 17.5 Å². The van der Waals surface area contributed by atoms with Gasteiger partial charge in [-0.3, -0.25) is 9.59 Å². The van der Waals surface area contributed by atoms with Gasteiger partial charge in [0, 0.05) is 32.6 Å². The number of hydrogen-bond donors (Lipinski definition) is 0. The number of rotatable bonds is 4. The molecule has 1 unspecified atom stereocenters.